The number of rotatable bonds is 7. The molecule has 30 heavy (non-hydrogen) atoms. The summed E-state index contributed by atoms with van der Waals surface area (Å²) in [5.74, 6) is -0.608. The molecule has 0 unspecified atom stereocenters. The molecule has 4 rings (SSSR count). The van der Waals surface area contributed by atoms with Crippen LogP contribution in [0.4, 0.5) is 20.6 Å². The molecule has 3 N–H and O–H groups in total. The summed E-state index contributed by atoms with van der Waals surface area (Å²) in [6.07, 6.45) is 2.50. The van der Waals surface area contributed by atoms with E-state index in [4.69, 9.17) is 4.74 Å². The van der Waals surface area contributed by atoms with Crippen molar-refractivity contribution in [1.82, 2.24) is 10.6 Å². The molecule has 1 saturated carbocycles. The van der Waals surface area contributed by atoms with Gasteiger partial charge in [-0.1, -0.05) is 0 Å². The van der Waals surface area contributed by atoms with Crippen molar-refractivity contribution >= 4 is 23.4 Å². The summed E-state index contributed by atoms with van der Waals surface area (Å²) in [6, 6.07) is 5.27. The van der Waals surface area contributed by atoms with Gasteiger partial charge in [0.25, 0.3) is 0 Å². The molecule has 3 aliphatic rings. The third-order valence-corrected chi connectivity index (χ3v) is 6.03. The van der Waals surface area contributed by atoms with Gasteiger partial charge in [-0.05, 0) is 43.9 Å². The molecule has 0 aromatic heterocycles. The molecule has 164 valence electrons. The largest absolute Gasteiger partial charge is 0.442 e. The Morgan fingerprint density at radius 1 is 1.33 bits per heavy atom. The molecule has 2 amide bonds. The molecule has 2 aliphatic heterocycles. The first-order valence-corrected chi connectivity index (χ1v) is 10.6. The SMILES string of the molecule is CC(=O)NC[C@H]1CN(c2ccc(N3CCC(O)(CNC4CC4)CC3)c(F)c2)C(=O)O1. The Hall–Kier alpha value is -2.39. The van der Waals surface area contributed by atoms with Crippen molar-refractivity contribution in [3.63, 3.8) is 0 Å². The maximum atomic E-state index is 14.9. The van der Waals surface area contributed by atoms with Crippen LogP contribution in [0, 0.1) is 5.82 Å². The lowest BCUT2D eigenvalue weighted by molar-refractivity contribution is -0.119. The number of amides is 2. The number of ether oxygens (including phenoxy) is 1. The number of piperidine rings is 1. The van der Waals surface area contributed by atoms with E-state index in [1.165, 1.54) is 30.7 Å². The monoisotopic (exact) mass is 420 g/mol. The summed E-state index contributed by atoms with van der Waals surface area (Å²) in [5.41, 5.74) is 0.157. The van der Waals surface area contributed by atoms with Crippen molar-refractivity contribution < 1.29 is 23.8 Å². The van der Waals surface area contributed by atoms with E-state index in [2.05, 4.69) is 10.6 Å². The average molecular weight is 420 g/mol. The predicted octanol–water partition coefficient (Wildman–Crippen LogP) is 1.37. The first-order chi connectivity index (χ1) is 14.3. The second kappa shape index (κ2) is 8.39. The summed E-state index contributed by atoms with van der Waals surface area (Å²) < 4.78 is 20.1. The molecule has 1 aromatic rings. The summed E-state index contributed by atoms with van der Waals surface area (Å²) in [5, 5.41) is 16.7. The highest BCUT2D eigenvalue weighted by Crippen LogP contribution is 2.32. The van der Waals surface area contributed by atoms with E-state index in [1.54, 1.807) is 12.1 Å². The molecule has 1 aliphatic carbocycles. The predicted molar refractivity (Wildman–Crippen MR) is 110 cm³/mol. The summed E-state index contributed by atoms with van der Waals surface area (Å²) in [7, 11) is 0. The van der Waals surface area contributed by atoms with Crippen molar-refractivity contribution in [2.45, 2.75) is 50.4 Å². The van der Waals surface area contributed by atoms with Gasteiger partial charge in [0.15, 0.2) is 0 Å². The standard InChI is InChI=1S/C21H29FN4O4/c1-14(27)23-11-17-12-26(20(28)30-17)16-4-5-19(18(22)10-16)25-8-6-21(29,7-9-25)13-24-15-2-3-15/h4-5,10,15,17,24,29H,2-3,6-9,11-13H2,1H3,(H,23,27)/t17-/m0/s1. The third kappa shape index (κ3) is 4.84. The second-order valence-corrected chi connectivity index (χ2v) is 8.56. The first kappa shape index (κ1) is 20.9. The Morgan fingerprint density at radius 3 is 2.70 bits per heavy atom. The highest BCUT2D eigenvalue weighted by molar-refractivity contribution is 5.90. The van der Waals surface area contributed by atoms with Gasteiger partial charge in [-0.2, -0.15) is 0 Å². The highest BCUT2D eigenvalue weighted by Gasteiger charge is 2.36. The van der Waals surface area contributed by atoms with Gasteiger partial charge in [-0.25, -0.2) is 9.18 Å². The molecular formula is C21H29FN4O4. The van der Waals surface area contributed by atoms with Crippen LogP contribution < -0.4 is 20.4 Å². The number of carbonyl (C=O) groups excluding carboxylic acids is 2. The number of hydrogen-bond donors (Lipinski definition) is 3. The Kier molecular flexibility index (Phi) is 5.84. The Morgan fingerprint density at radius 2 is 2.07 bits per heavy atom. The van der Waals surface area contributed by atoms with Crippen LogP contribution in [0.25, 0.3) is 0 Å². The van der Waals surface area contributed by atoms with Gasteiger partial charge in [-0.3, -0.25) is 9.69 Å². The number of nitrogens with one attached hydrogen (secondary N) is 2. The van der Waals surface area contributed by atoms with E-state index in [0.29, 0.717) is 49.9 Å². The van der Waals surface area contributed by atoms with Crippen molar-refractivity contribution in [3.05, 3.63) is 24.0 Å². The molecule has 3 fully saturated rings. The zero-order valence-electron chi connectivity index (χ0n) is 17.2. The first-order valence-electron chi connectivity index (χ1n) is 10.6. The Bertz CT molecular complexity index is 808. The van der Waals surface area contributed by atoms with Gasteiger partial charge >= 0.3 is 6.09 Å². The molecule has 9 heteroatoms. The number of carbonyl (C=O) groups is 2. The van der Waals surface area contributed by atoms with E-state index in [-0.39, 0.29) is 19.0 Å². The molecule has 0 radical (unpaired) electrons. The molecule has 0 spiro atoms. The van der Waals surface area contributed by atoms with Crippen molar-refractivity contribution in [2.75, 3.05) is 42.5 Å². The molecule has 1 aromatic carbocycles. The van der Waals surface area contributed by atoms with Crippen molar-refractivity contribution in [3.8, 4) is 0 Å². The number of cyclic esters (lactones) is 1. The fourth-order valence-electron chi connectivity index (χ4n) is 3.98. The number of anilines is 2. The number of hydrogen-bond acceptors (Lipinski definition) is 6. The maximum Gasteiger partial charge on any atom is 0.414 e. The lowest BCUT2D eigenvalue weighted by atomic mass is 9.91. The minimum Gasteiger partial charge on any atom is -0.442 e. The van der Waals surface area contributed by atoms with Crippen molar-refractivity contribution in [2.24, 2.45) is 0 Å². The number of benzene rings is 1. The number of aliphatic hydroxyl groups is 1. The second-order valence-electron chi connectivity index (χ2n) is 8.56. The van der Waals surface area contributed by atoms with Crippen molar-refractivity contribution in [1.29, 1.82) is 0 Å². The number of nitrogens with zero attached hydrogens (tertiary/aromatic N) is 2. The van der Waals surface area contributed by atoms with E-state index in [1.807, 2.05) is 4.90 Å². The summed E-state index contributed by atoms with van der Waals surface area (Å²) in [4.78, 5) is 26.5. The smallest absolute Gasteiger partial charge is 0.414 e. The van der Waals surface area contributed by atoms with Gasteiger partial charge < -0.3 is 25.4 Å². The quantitative estimate of drug-likeness (QED) is 0.617. The fourth-order valence-corrected chi connectivity index (χ4v) is 3.98. The fraction of sp³-hybridized carbons (Fsp3) is 0.619. The van der Waals surface area contributed by atoms with E-state index < -0.39 is 23.6 Å². The van der Waals surface area contributed by atoms with Crippen LogP contribution in [0.3, 0.4) is 0 Å². The van der Waals surface area contributed by atoms with Gasteiger partial charge in [0.1, 0.15) is 11.9 Å². The average Bonchev–Trinajstić information content (AvgIpc) is 3.47. The highest BCUT2D eigenvalue weighted by atomic mass is 19.1. The van der Waals surface area contributed by atoms with Gasteiger partial charge in [0, 0.05) is 32.6 Å². The molecule has 8 nitrogen and oxygen atoms in total. The van der Waals surface area contributed by atoms with E-state index in [9.17, 15) is 19.1 Å². The third-order valence-electron chi connectivity index (χ3n) is 6.03. The molecule has 2 heterocycles. The minimum atomic E-state index is -0.738. The molecule has 0 bridgehead atoms. The normalized spacial score (nSPS) is 23.4. The minimum absolute atomic E-state index is 0.198. The lowest BCUT2D eigenvalue weighted by Gasteiger charge is -2.39. The van der Waals surface area contributed by atoms with Crippen LogP contribution in [-0.2, 0) is 9.53 Å². The molecule has 2 saturated heterocycles. The Balaban J connectivity index is 1.35. The Labute approximate surface area is 175 Å². The van der Waals surface area contributed by atoms with Crippen LogP contribution >= 0.6 is 0 Å². The van der Waals surface area contributed by atoms with Crippen LogP contribution in [0.1, 0.15) is 32.6 Å². The van der Waals surface area contributed by atoms with Crippen LogP contribution in [0.5, 0.6) is 0 Å². The van der Waals surface area contributed by atoms with Gasteiger partial charge in [-0.15, -0.1) is 0 Å². The van der Waals surface area contributed by atoms with E-state index in [0.717, 1.165) is 0 Å². The summed E-state index contributed by atoms with van der Waals surface area (Å²) in [6.45, 7) is 3.61. The van der Waals surface area contributed by atoms with Gasteiger partial charge in [0.2, 0.25) is 5.91 Å². The molecule has 1 atom stereocenters. The zero-order chi connectivity index (χ0) is 21.3. The molecular weight excluding hydrogens is 391 g/mol. The topological polar surface area (TPSA) is 94.1 Å². The summed E-state index contributed by atoms with van der Waals surface area (Å²) >= 11 is 0. The number of halogens is 1. The van der Waals surface area contributed by atoms with Crippen LogP contribution in [-0.4, -0.2) is 67.6 Å². The van der Waals surface area contributed by atoms with Crippen LogP contribution in [0.15, 0.2) is 18.2 Å². The van der Waals surface area contributed by atoms with Crippen LogP contribution in [0.2, 0.25) is 0 Å². The zero-order valence-corrected chi connectivity index (χ0v) is 17.2. The van der Waals surface area contributed by atoms with E-state index >= 15 is 0 Å². The van der Waals surface area contributed by atoms with Gasteiger partial charge in [0.05, 0.1) is 30.1 Å². The maximum absolute atomic E-state index is 14.9. The lowest BCUT2D eigenvalue weighted by Crippen LogP contribution is -2.50.